The van der Waals surface area contributed by atoms with Crippen molar-refractivity contribution in [2.75, 3.05) is 0 Å². The van der Waals surface area contributed by atoms with Gasteiger partial charge in [0.05, 0.1) is 5.92 Å². The van der Waals surface area contributed by atoms with Gasteiger partial charge in [-0.1, -0.05) is 50.1 Å². The third-order valence-electron chi connectivity index (χ3n) is 8.76. The molecule has 3 aromatic carbocycles. The highest BCUT2D eigenvalue weighted by atomic mass is 19.4. The number of hydrogen-bond acceptors (Lipinski definition) is 2. The molecule has 5 rings (SSSR count). The smallest absolute Gasteiger partial charge is 0.432 e. The number of benzene rings is 3. The van der Waals surface area contributed by atoms with Gasteiger partial charge >= 0.3 is 12.5 Å². The van der Waals surface area contributed by atoms with Gasteiger partial charge in [0, 0.05) is 11.6 Å². The molecule has 2 saturated carbocycles. The molecule has 0 bridgehead atoms. The molecular formula is C33H33F7O2. The van der Waals surface area contributed by atoms with Crippen LogP contribution in [0.15, 0.2) is 60.7 Å². The average molecular weight is 595 g/mol. The third-order valence-corrected chi connectivity index (χ3v) is 8.76. The monoisotopic (exact) mass is 594 g/mol. The van der Waals surface area contributed by atoms with Gasteiger partial charge in [0.2, 0.25) is 0 Å². The second-order valence-electron chi connectivity index (χ2n) is 11.7. The molecule has 2 nitrogen and oxygen atoms in total. The van der Waals surface area contributed by atoms with Crippen LogP contribution in [0.4, 0.5) is 30.7 Å². The number of alkyl halides is 5. The molecule has 226 valence electrons. The molecule has 0 aromatic heterocycles. The van der Waals surface area contributed by atoms with E-state index in [9.17, 15) is 22.0 Å². The van der Waals surface area contributed by atoms with Crippen LogP contribution in [-0.2, 0) is 0 Å². The van der Waals surface area contributed by atoms with Crippen LogP contribution in [0, 0.1) is 23.5 Å². The minimum absolute atomic E-state index is 0.0856. The Morgan fingerprint density at radius 1 is 0.619 bits per heavy atom. The molecule has 2 aliphatic rings. The van der Waals surface area contributed by atoms with E-state index >= 15 is 8.78 Å². The van der Waals surface area contributed by atoms with Crippen molar-refractivity contribution in [1.29, 1.82) is 0 Å². The van der Waals surface area contributed by atoms with Gasteiger partial charge in [-0.2, -0.15) is 8.78 Å². The molecule has 2 aliphatic carbocycles. The normalized spacial score (nSPS) is 23.4. The zero-order chi connectivity index (χ0) is 30.1. The second-order valence-corrected chi connectivity index (χ2v) is 11.7. The second kappa shape index (κ2) is 12.2. The van der Waals surface area contributed by atoms with Crippen LogP contribution in [0.25, 0.3) is 11.1 Å². The maximum Gasteiger partial charge on any atom is 0.573 e. The molecule has 0 atom stereocenters. The van der Waals surface area contributed by atoms with Gasteiger partial charge < -0.3 is 9.47 Å². The summed E-state index contributed by atoms with van der Waals surface area (Å²) >= 11 is 0. The zero-order valence-electron chi connectivity index (χ0n) is 23.2. The summed E-state index contributed by atoms with van der Waals surface area (Å²) in [6.45, 7) is 2.30. The Morgan fingerprint density at radius 2 is 1.19 bits per heavy atom. The highest BCUT2D eigenvalue weighted by Gasteiger charge is 2.44. The lowest BCUT2D eigenvalue weighted by molar-refractivity contribution is -0.275. The number of halogens is 7. The first kappa shape index (κ1) is 30.2. The summed E-state index contributed by atoms with van der Waals surface area (Å²) in [7, 11) is 0. The van der Waals surface area contributed by atoms with Gasteiger partial charge in [0.1, 0.15) is 11.6 Å². The summed E-state index contributed by atoms with van der Waals surface area (Å²) in [4.78, 5) is 0. The molecule has 0 N–H and O–H groups in total. The molecule has 9 heteroatoms. The van der Waals surface area contributed by atoms with E-state index in [1.54, 1.807) is 0 Å². The van der Waals surface area contributed by atoms with E-state index in [0.717, 1.165) is 41.8 Å². The lowest BCUT2D eigenvalue weighted by Crippen LogP contribution is -2.37. The summed E-state index contributed by atoms with van der Waals surface area (Å²) < 4.78 is 105. The van der Waals surface area contributed by atoms with Gasteiger partial charge in [-0.05, 0) is 97.2 Å². The van der Waals surface area contributed by atoms with Crippen LogP contribution in [0.3, 0.4) is 0 Å². The van der Waals surface area contributed by atoms with Crippen molar-refractivity contribution in [3.63, 3.8) is 0 Å². The van der Waals surface area contributed by atoms with Crippen LogP contribution in [0.5, 0.6) is 11.5 Å². The van der Waals surface area contributed by atoms with Gasteiger partial charge in [0.15, 0.2) is 11.6 Å². The van der Waals surface area contributed by atoms with Crippen molar-refractivity contribution in [2.24, 2.45) is 11.8 Å². The fraction of sp³-hybridized carbons (Fsp3) is 0.455. The van der Waals surface area contributed by atoms with Crippen LogP contribution >= 0.6 is 0 Å². The van der Waals surface area contributed by atoms with E-state index in [0.29, 0.717) is 24.8 Å². The minimum atomic E-state index is -5.09. The minimum Gasteiger partial charge on any atom is -0.432 e. The lowest BCUT2D eigenvalue weighted by atomic mass is 9.76. The summed E-state index contributed by atoms with van der Waals surface area (Å²) in [5, 5.41) is 0. The van der Waals surface area contributed by atoms with Crippen molar-refractivity contribution >= 4 is 0 Å². The summed E-state index contributed by atoms with van der Waals surface area (Å²) in [6.07, 6.45) is -1.99. The van der Waals surface area contributed by atoms with E-state index in [4.69, 9.17) is 4.74 Å². The standard InChI is InChI=1S/C33H33F7O2/c1-20-2-4-21(5-3-20)22-6-8-23(9-7-22)24-10-13-26(14-11-24)32(36,37)41-27-15-16-28(29(34)19-27)25-12-17-31(30(35)18-25)42-33(38,39)40/h6-9,12,15-21,24,26H,2-5,10-11,13-14H2,1H3. The maximum absolute atomic E-state index is 15.1. The van der Waals surface area contributed by atoms with Crippen molar-refractivity contribution in [2.45, 2.75) is 82.6 Å². The first-order valence-electron chi connectivity index (χ1n) is 14.4. The topological polar surface area (TPSA) is 18.5 Å². The molecule has 0 spiro atoms. The molecule has 42 heavy (non-hydrogen) atoms. The van der Waals surface area contributed by atoms with Gasteiger partial charge in [-0.25, -0.2) is 8.78 Å². The van der Waals surface area contributed by atoms with Crippen LogP contribution in [0.2, 0.25) is 0 Å². The maximum atomic E-state index is 15.1. The Balaban J connectivity index is 1.18. The SMILES string of the molecule is CC1CCC(c2ccc(C3CCC(C(F)(F)Oc4ccc(-c5ccc(OC(F)(F)F)c(F)c5)c(F)c4)CC3)cc2)CC1. The fourth-order valence-corrected chi connectivity index (χ4v) is 6.31. The Labute approximate surface area is 240 Å². The fourth-order valence-electron chi connectivity index (χ4n) is 6.31. The number of hydrogen-bond donors (Lipinski definition) is 0. The summed E-state index contributed by atoms with van der Waals surface area (Å²) in [5.74, 6) is -3.24. The summed E-state index contributed by atoms with van der Waals surface area (Å²) in [5.41, 5.74) is 2.25. The Hall–Kier alpha value is -3.23. The van der Waals surface area contributed by atoms with E-state index in [1.165, 1.54) is 31.2 Å². The molecule has 0 aliphatic heterocycles. The molecular weight excluding hydrogens is 561 g/mol. The first-order valence-corrected chi connectivity index (χ1v) is 14.4. The summed E-state index contributed by atoms with van der Waals surface area (Å²) in [6, 6.07) is 14.1. The van der Waals surface area contributed by atoms with Crippen molar-refractivity contribution in [3.05, 3.63) is 83.4 Å². The molecule has 0 saturated heterocycles. The number of rotatable bonds is 7. The lowest BCUT2D eigenvalue weighted by Gasteiger charge is -2.33. The first-order chi connectivity index (χ1) is 19.9. The van der Waals surface area contributed by atoms with Crippen molar-refractivity contribution < 1.29 is 40.2 Å². The van der Waals surface area contributed by atoms with Crippen molar-refractivity contribution in [1.82, 2.24) is 0 Å². The van der Waals surface area contributed by atoms with Crippen LogP contribution < -0.4 is 9.47 Å². The number of ether oxygens (including phenoxy) is 2. The van der Waals surface area contributed by atoms with E-state index in [2.05, 4.69) is 35.9 Å². The molecule has 0 unspecified atom stereocenters. The van der Waals surface area contributed by atoms with Crippen LogP contribution in [-0.4, -0.2) is 12.5 Å². The molecule has 2 fully saturated rings. The predicted octanol–water partition coefficient (Wildman–Crippen LogP) is 10.8. The highest BCUT2D eigenvalue weighted by molar-refractivity contribution is 5.66. The van der Waals surface area contributed by atoms with E-state index in [-0.39, 0.29) is 29.9 Å². The molecule has 0 heterocycles. The largest absolute Gasteiger partial charge is 0.573 e. The average Bonchev–Trinajstić information content (AvgIpc) is 2.94. The van der Waals surface area contributed by atoms with Gasteiger partial charge in [-0.3, -0.25) is 0 Å². The van der Waals surface area contributed by atoms with E-state index < -0.39 is 41.5 Å². The van der Waals surface area contributed by atoms with E-state index in [1.807, 2.05) is 0 Å². The Bertz CT molecular complexity index is 1350. The quantitative estimate of drug-likeness (QED) is 0.253. The predicted molar refractivity (Wildman–Crippen MR) is 146 cm³/mol. The highest BCUT2D eigenvalue weighted by Crippen LogP contribution is 2.44. The Morgan fingerprint density at radius 3 is 1.71 bits per heavy atom. The van der Waals surface area contributed by atoms with Gasteiger partial charge in [-0.15, -0.1) is 13.2 Å². The molecule has 0 amide bonds. The molecule has 0 radical (unpaired) electrons. The van der Waals surface area contributed by atoms with Crippen LogP contribution in [0.1, 0.15) is 81.3 Å². The van der Waals surface area contributed by atoms with Crippen molar-refractivity contribution in [3.8, 4) is 22.6 Å². The third kappa shape index (κ3) is 7.21. The molecule has 3 aromatic rings. The Kier molecular flexibility index (Phi) is 8.76. The van der Waals surface area contributed by atoms with Gasteiger partial charge in [0.25, 0.3) is 0 Å². The zero-order valence-corrected chi connectivity index (χ0v) is 23.2.